The molecule has 1 aromatic carbocycles. The van der Waals surface area contributed by atoms with Gasteiger partial charge in [-0.2, -0.15) is 0 Å². The molecule has 96 valence electrons. The van der Waals surface area contributed by atoms with Crippen molar-refractivity contribution >= 4 is 17.9 Å². The lowest BCUT2D eigenvalue weighted by atomic mass is 10.2. The number of hydrogen-bond donors (Lipinski definition) is 0. The number of halogens is 1. The molecule has 0 N–H and O–H groups in total. The predicted molar refractivity (Wildman–Crippen MR) is 66.3 cm³/mol. The summed E-state index contributed by atoms with van der Waals surface area (Å²) >= 11 is 0. The van der Waals surface area contributed by atoms with Crippen molar-refractivity contribution in [2.24, 2.45) is 0 Å². The van der Waals surface area contributed by atoms with Crippen LogP contribution in [0.2, 0.25) is 0 Å². The Balaban J connectivity index is 2.27. The molecule has 0 aliphatic carbocycles. The Morgan fingerprint density at radius 3 is 2.78 bits per heavy atom. The second-order valence-corrected chi connectivity index (χ2v) is 4.45. The third-order valence-corrected chi connectivity index (χ3v) is 3.08. The fourth-order valence-electron chi connectivity index (χ4n) is 2.05. The zero-order chi connectivity index (χ0) is 13.1. The van der Waals surface area contributed by atoms with Gasteiger partial charge in [0.05, 0.1) is 6.54 Å². The smallest absolute Gasteiger partial charge is 0.241 e. The number of carbonyl (C=O) groups is 2. The van der Waals surface area contributed by atoms with E-state index in [9.17, 15) is 14.0 Å². The van der Waals surface area contributed by atoms with Crippen molar-refractivity contribution < 1.29 is 14.0 Å². The number of carbonyl (C=O) groups excluding carboxylic acids is 2. The van der Waals surface area contributed by atoms with Crippen molar-refractivity contribution in [1.29, 1.82) is 0 Å². The third-order valence-electron chi connectivity index (χ3n) is 3.08. The number of likely N-dealkylation sites (N-methyl/N-ethyl adjacent to an activating group) is 1. The van der Waals surface area contributed by atoms with Crippen LogP contribution in [-0.2, 0) is 4.79 Å². The van der Waals surface area contributed by atoms with E-state index in [1.165, 1.54) is 12.1 Å². The number of benzene rings is 1. The van der Waals surface area contributed by atoms with Crippen LogP contribution >= 0.6 is 0 Å². The fraction of sp³-hybridized carbons (Fsp3) is 0.385. The summed E-state index contributed by atoms with van der Waals surface area (Å²) in [5, 5.41) is 0. The van der Waals surface area contributed by atoms with Crippen LogP contribution in [0.3, 0.4) is 0 Å². The molecule has 5 heteroatoms. The van der Waals surface area contributed by atoms with E-state index in [-0.39, 0.29) is 18.0 Å². The Morgan fingerprint density at radius 2 is 2.06 bits per heavy atom. The molecule has 0 spiro atoms. The first-order valence-corrected chi connectivity index (χ1v) is 5.85. The van der Waals surface area contributed by atoms with Crippen LogP contribution < -0.4 is 4.90 Å². The summed E-state index contributed by atoms with van der Waals surface area (Å²) in [6.45, 7) is 1.60. The van der Waals surface area contributed by atoms with Gasteiger partial charge in [0.15, 0.2) is 0 Å². The fourth-order valence-corrected chi connectivity index (χ4v) is 2.05. The lowest BCUT2D eigenvalue weighted by Crippen LogP contribution is -2.34. The predicted octanol–water partition coefficient (Wildman–Crippen LogP) is 1.31. The maximum Gasteiger partial charge on any atom is 0.241 e. The Bertz CT molecular complexity index is 476. The molecular weight excluding hydrogens is 235 g/mol. The summed E-state index contributed by atoms with van der Waals surface area (Å²) in [4.78, 5) is 25.9. The van der Waals surface area contributed by atoms with Crippen molar-refractivity contribution in [3.63, 3.8) is 0 Å². The molecule has 0 radical (unpaired) electrons. The highest BCUT2D eigenvalue weighted by Gasteiger charge is 2.19. The standard InChI is InChI=1S/C13H15FN2O2/c1-15-3-2-4-16(8-13(15)18)12-6-10(9-17)5-11(14)7-12/h5-7,9H,2-4,8H2,1H3. The molecule has 1 aliphatic heterocycles. The zero-order valence-electron chi connectivity index (χ0n) is 10.2. The summed E-state index contributed by atoms with van der Waals surface area (Å²) in [6.07, 6.45) is 1.44. The van der Waals surface area contributed by atoms with Crippen molar-refractivity contribution in [3.05, 3.63) is 29.6 Å². The van der Waals surface area contributed by atoms with Crippen LogP contribution in [0.4, 0.5) is 10.1 Å². The van der Waals surface area contributed by atoms with Gasteiger partial charge in [-0.05, 0) is 24.6 Å². The Labute approximate surface area is 105 Å². The maximum absolute atomic E-state index is 13.4. The van der Waals surface area contributed by atoms with Crippen LogP contribution in [-0.4, -0.2) is 43.8 Å². The highest BCUT2D eigenvalue weighted by molar-refractivity contribution is 5.83. The number of rotatable bonds is 2. The minimum absolute atomic E-state index is 0.00409. The minimum atomic E-state index is -0.459. The lowest BCUT2D eigenvalue weighted by Gasteiger charge is -2.22. The molecule has 2 rings (SSSR count). The number of nitrogens with zero attached hydrogens (tertiary/aromatic N) is 2. The number of aldehydes is 1. The summed E-state index contributed by atoms with van der Waals surface area (Å²) in [7, 11) is 1.76. The average molecular weight is 250 g/mol. The van der Waals surface area contributed by atoms with Gasteiger partial charge in [-0.15, -0.1) is 0 Å². The molecule has 1 aromatic rings. The molecule has 1 aliphatic rings. The molecule has 0 bridgehead atoms. The van der Waals surface area contributed by atoms with Gasteiger partial charge < -0.3 is 9.80 Å². The largest absolute Gasteiger partial charge is 0.362 e. The van der Waals surface area contributed by atoms with Crippen LogP contribution in [0.5, 0.6) is 0 Å². The van der Waals surface area contributed by atoms with Crippen molar-refractivity contribution in [2.45, 2.75) is 6.42 Å². The average Bonchev–Trinajstić information content (AvgIpc) is 2.51. The van der Waals surface area contributed by atoms with Crippen LogP contribution in [0.1, 0.15) is 16.8 Å². The Hall–Kier alpha value is -1.91. The van der Waals surface area contributed by atoms with Gasteiger partial charge >= 0.3 is 0 Å². The molecule has 1 amide bonds. The van der Waals surface area contributed by atoms with E-state index in [0.29, 0.717) is 25.1 Å². The molecule has 1 fully saturated rings. The van der Waals surface area contributed by atoms with Gasteiger partial charge in [0.25, 0.3) is 0 Å². The maximum atomic E-state index is 13.4. The monoisotopic (exact) mass is 250 g/mol. The highest BCUT2D eigenvalue weighted by atomic mass is 19.1. The molecule has 4 nitrogen and oxygen atoms in total. The third kappa shape index (κ3) is 2.67. The molecule has 0 saturated carbocycles. The number of hydrogen-bond acceptors (Lipinski definition) is 3. The van der Waals surface area contributed by atoms with Crippen molar-refractivity contribution in [1.82, 2.24) is 4.90 Å². The van der Waals surface area contributed by atoms with E-state index in [4.69, 9.17) is 0 Å². The normalized spacial score (nSPS) is 16.7. The Morgan fingerprint density at radius 1 is 1.28 bits per heavy atom. The molecule has 0 aromatic heterocycles. The first-order chi connectivity index (χ1) is 8.60. The first-order valence-electron chi connectivity index (χ1n) is 5.85. The SMILES string of the molecule is CN1CCCN(c2cc(F)cc(C=O)c2)CC1=O. The van der Waals surface area contributed by atoms with Gasteiger partial charge in [-0.1, -0.05) is 0 Å². The number of anilines is 1. The summed E-state index contributed by atoms with van der Waals surface area (Å²) in [5.74, 6) is -0.455. The van der Waals surface area contributed by atoms with E-state index in [2.05, 4.69) is 0 Å². The van der Waals surface area contributed by atoms with Crippen molar-refractivity contribution in [2.75, 3.05) is 31.6 Å². The van der Waals surface area contributed by atoms with E-state index < -0.39 is 5.82 Å². The molecule has 1 heterocycles. The van der Waals surface area contributed by atoms with Gasteiger partial charge in [0.2, 0.25) is 5.91 Å². The summed E-state index contributed by atoms with van der Waals surface area (Å²) in [5.41, 5.74) is 0.871. The van der Waals surface area contributed by atoms with E-state index in [0.717, 1.165) is 6.42 Å². The molecule has 18 heavy (non-hydrogen) atoms. The van der Waals surface area contributed by atoms with E-state index in [1.807, 2.05) is 4.90 Å². The number of amides is 1. The highest BCUT2D eigenvalue weighted by Crippen LogP contribution is 2.19. The van der Waals surface area contributed by atoms with E-state index in [1.54, 1.807) is 18.0 Å². The molecule has 0 atom stereocenters. The van der Waals surface area contributed by atoms with Crippen LogP contribution in [0.25, 0.3) is 0 Å². The quantitative estimate of drug-likeness (QED) is 0.743. The topological polar surface area (TPSA) is 40.6 Å². The molecular formula is C13H15FN2O2. The van der Waals surface area contributed by atoms with Gasteiger partial charge in [0, 0.05) is 31.4 Å². The van der Waals surface area contributed by atoms with E-state index >= 15 is 0 Å². The summed E-state index contributed by atoms with van der Waals surface area (Å²) < 4.78 is 13.4. The molecule has 1 saturated heterocycles. The van der Waals surface area contributed by atoms with Gasteiger partial charge in [0.1, 0.15) is 12.1 Å². The van der Waals surface area contributed by atoms with Crippen molar-refractivity contribution in [3.8, 4) is 0 Å². The first kappa shape index (κ1) is 12.5. The summed E-state index contributed by atoms with van der Waals surface area (Å²) in [6, 6.07) is 4.14. The second kappa shape index (κ2) is 5.16. The zero-order valence-corrected chi connectivity index (χ0v) is 10.2. The second-order valence-electron chi connectivity index (χ2n) is 4.45. The van der Waals surface area contributed by atoms with Crippen LogP contribution in [0.15, 0.2) is 18.2 Å². The van der Waals surface area contributed by atoms with Crippen LogP contribution in [0, 0.1) is 5.82 Å². The van der Waals surface area contributed by atoms with Gasteiger partial charge in [-0.3, -0.25) is 9.59 Å². The Kier molecular flexibility index (Phi) is 3.60. The van der Waals surface area contributed by atoms with Gasteiger partial charge in [-0.25, -0.2) is 4.39 Å². The minimum Gasteiger partial charge on any atom is -0.362 e. The lowest BCUT2D eigenvalue weighted by molar-refractivity contribution is -0.127. The molecule has 0 unspecified atom stereocenters.